The van der Waals surface area contributed by atoms with Crippen molar-refractivity contribution in [3.05, 3.63) is 53.6 Å². The third-order valence-electron chi connectivity index (χ3n) is 4.36. The molecule has 4 nitrogen and oxygen atoms in total. The number of rotatable bonds is 3. The lowest BCUT2D eigenvalue weighted by molar-refractivity contribution is -0.129. The van der Waals surface area contributed by atoms with Gasteiger partial charge in [0.2, 0.25) is 5.91 Å². The minimum absolute atomic E-state index is 0.185. The molecule has 0 saturated heterocycles. The van der Waals surface area contributed by atoms with Crippen molar-refractivity contribution in [2.24, 2.45) is 0 Å². The molecule has 0 saturated carbocycles. The van der Waals surface area contributed by atoms with Crippen molar-refractivity contribution in [3.8, 4) is 11.5 Å². The molecule has 0 spiro atoms. The van der Waals surface area contributed by atoms with E-state index in [4.69, 9.17) is 9.47 Å². The molecular weight excluding hydrogens is 322 g/mol. The molecule has 0 aromatic heterocycles. The molecular formula is C19H19NO3S. The zero-order valence-corrected chi connectivity index (χ0v) is 14.2. The average molecular weight is 341 g/mol. The lowest BCUT2D eigenvalue weighted by atomic mass is 10.00. The van der Waals surface area contributed by atoms with Gasteiger partial charge in [0.1, 0.15) is 13.2 Å². The van der Waals surface area contributed by atoms with Gasteiger partial charge in [0, 0.05) is 18.0 Å². The van der Waals surface area contributed by atoms with Crippen molar-refractivity contribution in [3.63, 3.8) is 0 Å². The molecule has 0 aliphatic carbocycles. The van der Waals surface area contributed by atoms with Crippen molar-refractivity contribution >= 4 is 17.7 Å². The molecule has 0 fully saturated rings. The molecule has 2 aliphatic heterocycles. The van der Waals surface area contributed by atoms with Gasteiger partial charge >= 0.3 is 0 Å². The molecule has 0 radical (unpaired) electrons. The van der Waals surface area contributed by atoms with E-state index in [2.05, 4.69) is 18.2 Å². The van der Waals surface area contributed by atoms with Crippen LogP contribution in [0, 0.1) is 0 Å². The van der Waals surface area contributed by atoms with Gasteiger partial charge in [-0.05, 0) is 35.7 Å². The van der Waals surface area contributed by atoms with E-state index in [0.29, 0.717) is 19.0 Å². The van der Waals surface area contributed by atoms with Gasteiger partial charge < -0.3 is 14.4 Å². The molecule has 0 atom stereocenters. The van der Waals surface area contributed by atoms with E-state index >= 15 is 0 Å². The quantitative estimate of drug-likeness (QED) is 0.804. The van der Waals surface area contributed by atoms with Crippen LogP contribution in [0.5, 0.6) is 11.5 Å². The molecule has 0 bridgehead atoms. The third-order valence-corrected chi connectivity index (χ3v) is 5.34. The number of ether oxygens (including phenoxy) is 2. The second kappa shape index (κ2) is 6.77. The Morgan fingerprint density at radius 2 is 1.83 bits per heavy atom. The number of amides is 1. The van der Waals surface area contributed by atoms with Crippen LogP contribution >= 0.6 is 11.8 Å². The molecule has 2 aromatic carbocycles. The normalized spacial score (nSPS) is 15.8. The summed E-state index contributed by atoms with van der Waals surface area (Å²) >= 11 is 1.55. The predicted molar refractivity (Wildman–Crippen MR) is 93.7 cm³/mol. The number of benzene rings is 2. The summed E-state index contributed by atoms with van der Waals surface area (Å²) in [6.45, 7) is 2.69. The minimum atomic E-state index is 0.185. The Kier molecular flexibility index (Phi) is 4.34. The van der Waals surface area contributed by atoms with Crippen LogP contribution < -0.4 is 9.47 Å². The van der Waals surface area contributed by atoms with E-state index in [1.165, 1.54) is 11.1 Å². The smallest absolute Gasteiger partial charge is 0.233 e. The molecule has 0 N–H and O–H groups in total. The van der Waals surface area contributed by atoms with Gasteiger partial charge in [-0.15, -0.1) is 11.8 Å². The van der Waals surface area contributed by atoms with Crippen LogP contribution in [0.3, 0.4) is 0 Å². The maximum Gasteiger partial charge on any atom is 0.233 e. The highest BCUT2D eigenvalue weighted by atomic mass is 32.2. The second-order valence-electron chi connectivity index (χ2n) is 5.93. The SMILES string of the molecule is O=C(CSc1ccc2c(c1)OCCO2)N1CCc2ccccc2C1. The fraction of sp³-hybridized carbons (Fsp3) is 0.316. The summed E-state index contributed by atoms with van der Waals surface area (Å²) in [5, 5.41) is 0. The Morgan fingerprint density at radius 1 is 1.04 bits per heavy atom. The molecule has 4 rings (SSSR count). The van der Waals surface area contributed by atoms with Gasteiger partial charge in [0.15, 0.2) is 11.5 Å². The third kappa shape index (κ3) is 3.22. The van der Waals surface area contributed by atoms with Crippen molar-refractivity contribution in [2.45, 2.75) is 17.9 Å². The van der Waals surface area contributed by atoms with Crippen LogP contribution in [0.25, 0.3) is 0 Å². The van der Waals surface area contributed by atoms with Crippen LogP contribution in [-0.4, -0.2) is 36.3 Å². The number of carbonyl (C=O) groups is 1. The molecule has 24 heavy (non-hydrogen) atoms. The van der Waals surface area contributed by atoms with Gasteiger partial charge in [0.05, 0.1) is 5.75 Å². The molecule has 5 heteroatoms. The Balaban J connectivity index is 1.37. The fourth-order valence-corrected chi connectivity index (χ4v) is 3.89. The topological polar surface area (TPSA) is 38.8 Å². The molecule has 2 aliphatic rings. The van der Waals surface area contributed by atoms with Crippen molar-refractivity contribution in [1.29, 1.82) is 0 Å². The van der Waals surface area contributed by atoms with Gasteiger partial charge in [0.25, 0.3) is 0 Å². The van der Waals surface area contributed by atoms with Crippen LogP contribution in [-0.2, 0) is 17.8 Å². The van der Waals surface area contributed by atoms with Gasteiger partial charge in [-0.25, -0.2) is 0 Å². The van der Waals surface area contributed by atoms with Crippen LogP contribution in [0.4, 0.5) is 0 Å². The highest BCUT2D eigenvalue weighted by Gasteiger charge is 2.20. The summed E-state index contributed by atoms with van der Waals surface area (Å²) in [7, 11) is 0. The zero-order chi connectivity index (χ0) is 16.4. The summed E-state index contributed by atoms with van der Waals surface area (Å²) in [5.74, 6) is 2.18. The molecule has 0 unspecified atom stereocenters. The number of nitrogens with zero attached hydrogens (tertiary/aromatic N) is 1. The summed E-state index contributed by atoms with van der Waals surface area (Å²) < 4.78 is 11.1. The van der Waals surface area contributed by atoms with E-state index in [1.54, 1.807) is 11.8 Å². The first-order valence-corrected chi connectivity index (χ1v) is 9.15. The monoisotopic (exact) mass is 341 g/mol. The zero-order valence-electron chi connectivity index (χ0n) is 13.4. The van der Waals surface area contributed by atoms with Crippen LogP contribution in [0.1, 0.15) is 11.1 Å². The first kappa shape index (κ1) is 15.4. The van der Waals surface area contributed by atoms with E-state index in [9.17, 15) is 4.79 Å². The Bertz CT molecular complexity index is 762. The summed E-state index contributed by atoms with van der Waals surface area (Å²) in [6, 6.07) is 14.2. The number of thioether (sulfide) groups is 1. The van der Waals surface area contributed by atoms with Crippen LogP contribution in [0.2, 0.25) is 0 Å². The largest absolute Gasteiger partial charge is 0.486 e. The number of fused-ring (bicyclic) bond motifs is 2. The summed E-state index contributed by atoms with van der Waals surface area (Å²) in [4.78, 5) is 15.5. The minimum Gasteiger partial charge on any atom is -0.486 e. The van der Waals surface area contributed by atoms with E-state index in [0.717, 1.165) is 35.9 Å². The highest BCUT2D eigenvalue weighted by molar-refractivity contribution is 8.00. The highest BCUT2D eigenvalue weighted by Crippen LogP contribution is 2.34. The van der Waals surface area contributed by atoms with Crippen LogP contribution in [0.15, 0.2) is 47.4 Å². The summed E-state index contributed by atoms with van der Waals surface area (Å²) in [6.07, 6.45) is 0.941. The van der Waals surface area contributed by atoms with E-state index in [-0.39, 0.29) is 5.91 Å². The number of hydrogen-bond donors (Lipinski definition) is 0. The Morgan fingerprint density at radius 3 is 2.71 bits per heavy atom. The first-order chi connectivity index (χ1) is 11.8. The Hall–Kier alpha value is -2.14. The molecule has 2 heterocycles. The molecule has 1 amide bonds. The number of carbonyl (C=O) groups excluding carboxylic acids is 1. The maximum absolute atomic E-state index is 12.5. The lowest BCUT2D eigenvalue weighted by Crippen LogP contribution is -2.37. The lowest BCUT2D eigenvalue weighted by Gasteiger charge is -2.28. The molecule has 124 valence electrons. The standard InChI is InChI=1S/C19H19NO3S/c21-19(20-8-7-14-3-1-2-4-15(14)12-20)13-24-16-5-6-17-18(11-16)23-10-9-22-17/h1-6,11H,7-10,12-13H2. The maximum atomic E-state index is 12.5. The van der Waals surface area contributed by atoms with Gasteiger partial charge in [-0.2, -0.15) is 0 Å². The van der Waals surface area contributed by atoms with Crippen molar-refractivity contribution in [2.75, 3.05) is 25.5 Å². The van der Waals surface area contributed by atoms with Crippen molar-refractivity contribution < 1.29 is 14.3 Å². The first-order valence-electron chi connectivity index (χ1n) is 8.16. The second-order valence-corrected chi connectivity index (χ2v) is 6.98. The number of hydrogen-bond acceptors (Lipinski definition) is 4. The van der Waals surface area contributed by atoms with E-state index in [1.807, 2.05) is 29.2 Å². The summed E-state index contributed by atoms with van der Waals surface area (Å²) in [5.41, 5.74) is 2.63. The predicted octanol–water partition coefficient (Wildman–Crippen LogP) is 3.13. The van der Waals surface area contributed by atoms with Crippen molar-refractivity contribution in [1.82, 2.24) is 4.90 Å². The average Bonchev–Trinajstić information content (AvgIpc) is 2.65. The van der Waals surface area contributed by atoms with Gasteiger partial charge in [-0.3, -0.25) is 4.79 Å². The fourth-order valence-electron chi connectivity index (χ4n) is 3.06. The molecule has 2 aromatic rings. The van der Waals surface area contributed by atoms with E-state index < -0.39 is 0 Å². The van der Waals surface area contributed by atoms with Gasteiger partial charge in [-0.1, -0.05) is 24.3 Å². The Labute approximate surface area is 145 Å².